The number of hydrogen-bond acceptors (Lipinski definition) is 3. The highest BCUT2D eigenvalue weighted by Gasteiger charge is 2.21. The van der Waals surface area contributed by atoms with Crippen molar-refractivity contribution in [2.24, 2.45) is 5.92 Å². The second kappa shape index (κ2) is 11.9. The number of amides is 2. The predicted molar refractivity (Wildman–Crippen MR) is 157 cm³/mol. The van der Waals surface area contributed by atoms with Crippen LogP contribution in [0.1, 0.15) is 30.6 Å². The van der Waals surface area contributed by atoms with Gasteiger partial charge in [0.25, 0.3) is 5.91 Å². The van der Waals surface area contributed by atoms with Gasteiger partial charge in [-0.15, -0.1) is 0 Å². The Morgan fingerprint density at radius 1 is 0.875 bits per heavy atom. The number of carbonyl (C=O) groups is 2. The van der Waals surface area contributed by atoms with Gasteiger partial charge in [-0.3, -0.25) is 9.59 Å². The molecule has 0 saturated carbocycles. The normalized spacial score (nSPS) is 11.1. The number of rotatable bonds is 9. The molecule has 40 heavy (non-hydrogen) atoms. The fraction of sp³-hybridized carbons (Fsp3) is 0.182. The van der Waals surface area contributed by atoms with Gasteiger partial charge in [-0.1, -0.05) is 74.5 Å². The molecule has 0 aliphatic heterocycles. The number of fused-ring (bicyclic) bond motifs is 1. The first-order chi connectivity index (χ1) is 19.4. The van der Waals surface area contributed by atoms with Crippen LogP contribution in [0.5, 0.6) is 0 Å². The van der Waals surface area contributed by atoms with Crippen molar-refractivity contribution in [2.45, 2.75) is 20.3 Å². The SMILES string of the molecule is CC(C)CCN(CC(=O)Nc1cc(-c2ccccc2)nn1-c1ccc(F)cc1)C(=O)c1ccc2ccccc2c1. The monoisotopic (exact) mass is 534 g/mol. The molecular weight excluding hydrogens is 503 g/mol. The van der Waals surface area contributed by atoms with E-state index in [2.05, 4.69) is 24.3 Å². The van der Waals surface area contributed by atoms with Crippen LogP contribution in [0.2, 0.25) is 0 Å². The third kappa shape index (κ3) is 6.26. The summed E-state index contributed by atoms with van der Waals surface area (Å²) in [7, 11) is 0. The van der Waals surface area contributed by atoms with Crippen molar-refractivity contribution in [3.63, 3.8) is 0 Å². The second-order valence-corrected chi connectivity index (χ2v) is 10.2. The Hall–Kier alpha value is -4.78. The second-order valence-electron chi connectivity index (χ2n) is 10.2. The molecule has 5 rings (SSSR count). The van der Waals surface area contributed by atoms with E-state index in [0.29, 0.717) is 35.2 Å². The van der Waals surface area contributed by atoms with E-state index in [4.69, 9.17) is 0 Å². The molecule has 0 atom stereocenters. The third-order valence-electron chi connectivity index (χ3n) is 6.71. The lowest BCUT2D eigenvalue weighted by molar-refractivity contribution is -0.117. The van der Waals surface area contributed by atoms with Crippen molar-refractivity contribution in [1.82, 2.24) is 14.7 Å². The maximum atomic E-state index is 13.6. The van der Waals surface area contributed by atoms with E-state index in [1.807, 2.05) is 66.7 Å². The highest BCUT2D eigenvalue weighted by atomic mass is 19.1. The van der Waals surface area contributed by atoms with E-state index in [1.54, 1.807) is 33.8 Å². The molecule has 7 heteroatoms. The van der Waals surface area contributed by atoms with Gasteiger partial charge in [0.15, 0.2) is 0 Å². The topological polar surface area (TPSA) is 67.2 Å². The molecule has 0 fully saturated rings. The lowest BCUT2D eigenvalue weighted by Gasteiger charge is -2.23. The predicted octanol–water partition coefficient (Wildman–Crippen LogP) is 6.96. The first-order valence-corrected chi connectivity index (χ1v) is 13.4. The van der Waals surface area contributed by atoms with Crippen LogP contribution in [0.15, 0.2) is 103 Å². The van der Waals surface area contributed by atoms with Gasteiger partial charge in [0, 0.05) is 23.7 Å². The van der Waals surface area contributed by atoms with Crippen LogP contribution in [0.4, 0.5) is 10.2 Å². The van der Waals surface area contributed by atoms with Crippen molar-refractivity contribution >= 4 is 28.4 Å². The summed E-state index contributed by atoms with van der Waals surface area (Å²) in [5.41, 5.74) is 2.67. The summed E-state index contributed by atoms with van der Waals surface area (Å²) in [6.07, 6.45) is 0.762. The zero-order valence-corrected chi connectivity index (χ0v) is 22.5. The van der Waals surface area contributed by atoms with Gasteiger partial charge in [0.1, 0.15) is 18.2 Å². The Bertz CT molecular complexity index is 1630. The zero-order valence-electron chi connectivity index (χ0n) is 22.5. The van der Waals surface area contributed by atoms with Gasteiger partial charge in [0.05, 0.1) is 11.4 Å². The van der Waals surface area contributed by atoms with Crippen LogP contribution in [0, 0.1) is 11.7 Å². The fourth-order valence-electron chi connectivity index (χ4n) is 4.53. The van der Waals surface area contributed by atoms with E-state index in [0.717, 1.165) is 22.8 Å². The van der Waals surface area contributed by atoms with Crippen LogP contribution in [0.3, 0.4) is 0 Å². The summed E-state index contributed by atoms with van der Waals surface area (Å²) in [4.78, 5) is 28.6. The molecule has 0 radical (unpaired) electrons. The summed E-state index contributed by atoms with van der Waals surface area (Å²) in [5.74, 6) is -0.113. The molecule has 0 aliphatic carbocycles. The van der Waals surface area contributed by atoms with Crippen LogP contribution in [-0.2, 0) is 4.79 Å². The van der Waals surface area contributed by atoms with E-state index in [-0.39, 0.29) is 24.2 Å². The highest BCUT2D eigenvalue weighted by molar-refractivity contribution is 6.01. The van der Waals surface area contributed by atoms with Crippen LogP contribution < -0.4 is 5.32 Å². The molecule has 0 aliphatic rings. The third-order valence-corrected chi connectivity index (χ3v) is 6.71. The Morgan fingerprint density at radius 2 is 1.57 bits per heavy atom. The molecule has 6 nitrogen and oxygen atoms in total. The zero-order chi connectivity index (χ0) is 28.1. The van der Waals surface area contributed by atoms with E-state index < -0.39 is 0 Å². The minimum atomic E-state index is -0.363. The van der Waals surface area contributed by atoms with E-state index in [9.17, 15) is 14.0 Å². The number of nitrogens with zero attached hydrogens (tertiary/aromatic N) is 3. The van der Waals surface area contributed by atoms with Crippen molar-refractivity contribution in [2.75, 3.05) is 18.4 Å². The smallest absolute Gasteiger partial charge is 0.254 e. The maximum absolute atomic E-state index is 13.6. The number of halogens is 1. The van der Waals surface area contributed by atoms with Gasteiger partial charge in [0.2, 0.25) is 5.91 Å². The van der Waals surface area contributed by atoms with Crippen molar-refractivity contribution in [3.05, 3.63) is 115 Å². The molecule has 2 amide bonds. The summed E-state index contributed by atoms with van der Waals surface area (Å²) in [6.45, 7) is 4.51. The quantitative estimate of drug-likeness (QED) is 0.222. The number of anilines is 1. The van der Waals surface area contributed by atoms with Gasteiger partial charge in [-0.25, -0.2) is 9.07 Å². The maximum Gasteiger partial charge on any atom is 0.254 e. The minimum Gasteiger partial charge on any atom is -0.329 e. The molecule has 1 N–H and O–H groups in total. The van der Waals surface area contributed by atoms with E-state index >= 15 is 0 Å². The molecule has 4 aromatic carbocycles. The fourth-order valence-corrected chi connectivity index (χ4v) is 4.53. The lowest BCUT2D eigenvalue weighted by Crippen LogP contribution is -2.39. The molecule has 202 valence electrons. The molecule has 0 bridgehead atoms. The Balaban J connectivity index is 1.41. The molecule has 0 unspecified atom stereocenters. The first-order valence-electron chi connectivity index (χ1n) is 13.4. The number of aromatic nitrogens is 2. The molecule has 0 saturated heterocycles. The average molecular weight is 535 g/mol. The van der Waals surface area contributed by atoms with E-state index in [1.165, 1.54) is 12.1 Å². The lowest BCUT2D eigenvalue weighted by atomic mass is 10.1. The first kappa shape index (κ1) is 26.8. The molecule has 1 heterocycles. The summed E-state index contributed by atoms with van der Waals surface area (Å²) >= 11 is 0. The van der Waals surface area contributed by atoms with Crippen molar-refractivity contribution < 1.29 is 14.0 Å². The van der Waals surface area contributed by atoms with Crippen LogP contribution in [-0.4, -0.2) is 39.6 Å². The number of benzene rings is 4. The standard InChI is InChI=1S/C33H31FN4O2/c1-23(2)18-19-37(33(40)27-13-12-24-8-6-7-11-26(24)20-27)22-32(39)35-31-21-30(25-9-4-3-5-10-25)36-38(31)29-16-14-28(34)15-17-29/h3-17,20-21,23H,18-19,22H2,1-2H3,(H,35,39). The van der Waals surface area contributed by atoms with Gasteiger partial charge < -0.3 is 10.2 Å². The van der Waals surface area contributed by atoms with Crippen LogP contribution in [0.25, 0.3) is 27.7 Å². The number of hydrogen-bond donors (Lipinski definition) is 1. The average Bonchev–Trinajstić information content (AvgIpc) is 3.39. The summed E-state index contributed by atoms with van der Waals surface area (Å²) in [6, 6.07) is 30.8. The summed E-state index contributed by atoms with van der Waals surface area (Å²) in [5, 5.41) is 9.64. The minimum absolute atomic E-state index is 0.117. The Kier molecular flexibility index (Phi) is 8.01. The molecule has 5 aromatic rings. The highest BCUT2D eigenvalue weighted by Crippen LogP contribution is 2.25. The molecule has 1 aromatic heterocycles. The van der Waals surface area contributed by atoms with Gasteiger partial charge in [-0.2, -0.15) is 5.10 Å². The Morgan fingerprint density at radius 3 is 2.30 bits per heavy atom. The number of carbonyl (C=O) groups excluding carboxylic acids is 2. The Labute approximate surface area is 233 Å². The van der Waals surface area contributed by atoms with Crippen molar-refractivity contribution in [3.8, 4) is 16.9 Å². The van der Waals surface area contributed by atoms with Gasteiger partial charge in [-0.05, 0) is 59.5 Å². The van der Waals surface area contributed by atoms with Crippen molar-refractivity contribution in [1.29, 1.82) is 0 Å². The number of nitrogens with one attached hydrogen (secondary N) is 1. The summed E-state index contributed by atoms with van der Waals surface area (Å²) < 4.78 is 15.2. The molecule has 0 spiro atoms. The molecular formula is C33H31FN4O2. The largest absolute Gasteiger partial charge is 0.329 e. The van der Waals surface area contributed by atoms with Gasteiger partial charge >= 0.3 is 0 Å². The van der Waals surface area contributed by atoms with Crippen LogP contribution >= 0.6 is 0 Å².